The summed E-state index contributed by atoms with van der Waals surface area (Å²) in [4.78, 5) is 29.9. The molecule has 9 nitrogen and oxygen atoms in total. The quantitative estimate of drug-likeness (QED) is 0.189. The van der Waals surface area contributed by atoms with E-state index in [4.69, 9.17) is 9.47 Å². The summed E-state index contributed by atoms with van der Waals surface area (Å²) in [6, 6.07) is 24.8. The van der Waals surface area contributed by atoms with Crippen LogP contribution in [0, 0.1) is 12.7 Å². The highest BCUT2D eigenvalue weighted by Crippen LogP contribution is 2.32. The van der Waals surface area contributed by atoms with E-state index in [1.54, 1.807) is 0 Å². The molecule has 254 valence electrons. The monoisotopic (exact) mass is 675 g/mol. The molecule has 0 unspecified atom stereocenters. The average Bonchev–Trinajstić information content (AvgIpc) is 3.04. The Bertz CT molecular complexity index is 1830. The molecule has 0 bridgehead atoms. The van der Waals surface area contributed by atoms with Gasteiger partial charge in [0, 0.05) is 24.6 Å². The van der Waals surface area contributed by atoms with Gasteiger partial charge in [0.2, 0.25) is 11.8 Å². The summed E-state index contributed by atoms with van der Waals surface area (Å²) in [5.41, 5.74) is 2.00. The Labute approximate surface area is 282 Å². The van der Waals surface area contributed by atoms with Gasteiger partial charge in [0.15, 0.2) is 11.5 Å². The maximum Gasteiger partial charge on any atom is 0.264 e. The molecule has 0 saturated heterocycles. The summed E-state index contributed by atoms with van der Waals surface area (Å²) in [6.07, 6.45) is 0.180. The molecule has 0 aliphatic rings. The molecule has 1 atom stereocenters. The zero-order chi connectivity index (χ0) is 35.1. The zero-order valence-electron chi connectivity index (χ0n) is 28.1. The molecule has 4 aromatic carbocycles. The summed E-state index contributed by atoms with van der Waals surface area (Å²) < 4.78 is 54.2. The van der Waals surface area contributed by atoms with Gasteiger partial charge in [0.05, 0.1) is 24.8 Å². The van der Waals surface area contributed by atoms with Crippen LogP contribution >= 0.6 is 0 Å². The van der Waals surface area contributed by atoms with Crippen LogP contribution in [0.1, 0.15) is 37.5 Å². The molecule has 0 heterocycles. The first-order valence-corrected chi connectivity index (χ1v) is 16.9. The number of halogens is 1. The van der Waals surface area contributed by atoms with Crippen LogP contribution in [0.3, 0.4) is 0 Å². The molecule has 1 N–H and O–H groups in total. The number of aryl methyl sites for hydroxylation is 1. The second kappa shape index (κ2) is 15.3. The first-order chi connectivity index (χ1) is 22.7. The molecule has 0 aromatic heterocycles. The Morgan fingerprint density at radius 3 is 2.08 bits per heavy atom. The molecule has 0 saturated carbocycles. The molecule has 48 heavy (non-hydrogen) atoms. The number of hydrogen-bond acceptors (Lipinski definition) is 6. The minimum absolute atomic E-state index is 0.0310. The van der Waals surface area contributed by atoms with E-state index in [9.17, 15) is 22.4 Å². The maximum atomic E-state index is 14.6. The van der Waals surface area contributed by atoms with Crippen molar-refractivity contribution in [2.75, 3.05) is 25.1 Å². The van der Waals surface area contributed by atoms with Crippen LogP contribution in [0.15, 0.2) is 102 Å². The van der Waals surface area contributed by atoms with E-state index in [0.717, 1.165) is 33.1 Å². The standard InChI is InChI=1S/C37H42FN3O6S/c1-26-11-10-14-28(21-26)24-40(32(36(43)39-37(2,3)4)22-27-12-8-7-9-13-27)35(42)25-41(30-17-15-29(38)16-18-30)48(44,45)31-19-20-33(46-5)34(23-31)47-6/h7-21,23,32H,22,24-25H2,1-6H3,(H,39,43)/t32-/m1/s1. The summed E-state index contributed by atoms with van der Waals surface area (Å²) in [6.45, 7) is 6.83. The molecular formula is C37H42FN3O6S. The molecule has 0 spiro atoms. The van der Waals surface area contributed by atoms with Gasteiger partial charge in [-0.25, -0.2) is 12.8 Å². The number of amides is 2. The van der Waals surface area contributed by atoms with Gasteiger partial charge in [-0.2, -0.15) is 0 Å². The Hall–Kier alpha value is -4.90. The Morgan fingerprint density at radius 1 is 0.833 bits per heavy atom. The second-order valence-corrected chi connectivity index (χ2v) is 14.3. The highest BCUT2D eigenvalue weighted by atomic mass is 32.2. The molecule has 0 aliphatic heterocycles. The number of hydrogen-bond donors (Lipinski definition) is 1. The fourth-order valence-electron chi connectivity index (χ4n) is 5.25. The molecule has 11 heteroatoms. The number of sulfonamides is 1. The van der Waals surface area contributed by atoms with Crippen molar-refractivity contribution < 1.29 is 31.9 Å². The first-order valence-electron chi connectivity index (χ1n) is 15.4. The lowest BCUT2D eigenvalue weighted by molar-refractivity contribution is -0.140. The zero-order valence-corrected chi connectivity index (χ0v) is 28.9. The van der Waals surface area contributed by atoms with E-state index in [1.807, 2.05) is 82.3 Å². The SMILES string of the molecule is COc1ccc(S(=O)(=O)N(CC(=O)N(Cc2cccc(C)c2)[C@H](Cc2ccccc2)C(=O)NC(C)(C)C)c2ccc(F)cc2)cc1OC. The van der Waals surface area contributed by atoms with Crippen molar-refractivity contribution in [3.63, 3.8) is 0 Å². The van der Waals surface area contributed by atoms with Crippen LogP contribution in [-0.4, -0.2) is 57.5 Å². The molecule has 4 aromatic rings. The second-order valence-electron chi connectivity index (χ2n) is 12.5. The topological polar surface area (TPSA) is 105 Å². The van der Waals surface area contributed by atoms with Crippen LogP contribution in [-0.2, 0) is 32.6 Å². The minimum Gasteiger partial charge on any atom is -0.493 e. The van der Waals surface area contributed by atoms with E-state index in [2.05, 4.69) is 5.32 Å². The van der Waals surface area contributed by atoms with Crippen molar-refractivity contribution in [1.82, 2.24) is 10.2 Å². The number of carbonyl (C=O) groups is 2. The molecule has 0 fully saturated rings. The third-order valence-corrected chi connectivity index (χ3v) is 9.31. The average molecular weight is 676 g/mol. The van der Waals surface area contributed by atoms with Crippen LogP contribution < -0.4 is 19.1 Å². The molecule has 0 aliphatic carbocycles. The molecule has 0 radical (unpaired) electrons. The van der Waals surface area contributed by atoms with Gasteiger partial charge < -0.3 is 19.7 Å². The van der Waals surface area contributed by atoms with Crippen molar-refractivity contribution in [3.8, 4) is 11.5 Å². The predicted molar refractivity (Wildman–Crippen MR) is 184 cm³/mol. The molecule has 4 rings (SSSR count). The Balaban J connectivity index is 1.84. The normalized spacial score (nSPS) is 12.1. The van der Waals surface area contributed by atoms with Crippen molar-refractivity contribution >= 4 is 27.5 Å². The Kier molecular flexibility index (Phi) is 11.5. The summed E-state index contributed by atoms with van der Waals surface area (Å²) in [5, 5.41) is 3.01. The van der Waals surface area contributed by atoms with Gasteiger partial charge in [-0.3, -0.25) is 13.9 Å². The number of carbonyl (C=O) groups excluding carboxylic acids is 2. The van der Waals surface area contributed by atoms with Gasteiger partial charge in [0.1, 0.15) is 18.4 Å². The number of rotatable bonds is 13. The third-order valence-electron chi connectivity index (χ3n) is 7.54. The summed E-state index contributed by atoms with van der Waals surface area (Å²) >= 11 is 0. The minimum atomic E-state index is -4.44. The van der Waals surface area contributed by atoms with Gasteiger partial charge in [-0.15, -0.1) is 0 Å². The van der Waals surface area contributed by atoms with Crippen molar-refractivity contribution in [2.45, 2.75) is 57.1 Å². The van der Waals surface area contributed by atoms with E-state index >= 15 is 0 Å². The van der Waals surface area contributed by atoms with Gasteiger partial charge in [0.25, 0.3) is 10.0 Å². The number of anilines is 1. The third kappa shape index (κ3) is 9.13. The highest BCUT2D eigenvalue weighted by molar-refractivity contribution is 7.92. The predicted octanol–water partition coefficient (Wildman–Crippen LogP) is 5.90. The highest BCUT2D eigenvalue weighted by Gasteiger charge is 2.36. The van der Waals surface area contributed by atoms with Crippen LogP contribution in [0.5, 0.6) is 11.5 Å². The first kappa shape index (κ1) is 35.9. The van der Waals surface area contributed by atoms with Gasteiger partial charge in [-0.05, 0) is 75.2 Å². The van der Waals surface area contributed by atoms with Crippen LogP contribution in [0.25, 0.3) is 0 Å². The number of methoxy groups -OCH3 is 2. The summed E-state index contributed by atoms with van der Waals surface area (Å²) in [7, 11) is -1.63. The molecular weight excluding hydrogens is 633 g/mol. The lowest BCUT2D eigenvalue weighted by atomic mass is 10.0. The largest absolute Gasteiger partial charge is 0.493 e. The van der Waals surface area contributed by atoms with Crippen molar-refractivity contribution in [3.05, 3.63) is 120 Å². The van der Waals surface area contributed by atoms with Crippen molar-refractivity contribution in [2.24, 2.45) is 0 Å². The van der Waals surface area contributed by atoms with E-state index in [1.165, 1.54) is 49.5 Å². The fraction of sp³-hybridized carbons (Fsp3) is 0.297. The van der Waals surface area contributed by atoms with Gasteiger partial charge >= 0.3 is 0 Å². The van der Waals surface area contributed by atoms with E-state index < -0.39 is 39.9 Å². The van der Waals surface area contributed by atoms with E-state index in [-0.39, 0.29) is 35.2 Å². The maximum absolute atomic E-state index is 14.6. The van der Waals surface area contributed by atoms with E-state index in [0.29, 0.717) is 5.75 Å². The molecule has 2 amide bonds. The number of nitrogens with zero attached hydrogens (tertiary/aromatic N) is 2. The number of ether oxygens (including phenoxy) is 2. The Morgan fingerprint density at radius 2 is 1.48 bits per heavy atom. The number of benzene rings is 4. The van der Waals surface area contributed by atoms with Crippen LogP contribution in [0.2, 0.25) is 0 Å². The summed E-state index contributed by atoms with van der Waals surface area (Å²) in [5.74, 6) is -1.10. The van der Waals surface area contributed by atoms with Gasteiger partial charge in [-0.1, -0.05) is 60.2 Å². The fourth-order valence-corrected chi connectivity index (χ4v) is 6.68. The smallest absolute Gasteiger partial charge is 0.264 e. The van der Waals surface area contributed by atoms with Crippen LogP contribution in [0.4, 0.5) is 10.1 Å². The number of nitrogens with one attached hydrogen (secondary N) is 1. The lowest BCUT2D eigenvalue weighted by Gasteiger charge is -2.35. The van der Waals surface area contributed by atoms with Crippen molar-refractivity contribution in [1.29, 1.82) is 0 Å². The lowest BCUT2D eigenvalue weighted by Crippen LogP contribution is -2.56.